The van der Waals surface area contributed by atoms with E-state index in [1.165, 1.54) is 0 Å². The van der Waals surface area contributed by atoms with Gasteiger partial charge in [0.15, 0.2) is 0 Å². The van der Waals surface area contributed by atoms with Gasteiger partial charge in [0.1, 0.15) is 17.2 Å². The Morgan fingerprint density at radius 3 is 2.37 bits per heavy atom. The summed E-state index contributed by atoms with van der Waals surface area (Å²) in [5.74, 6) is 0.976. The Morgan fingerprint density at radius 2 is 1.82 bits per heavy atom. The summed E-state index contributed by atoms with van der Waals surface area (Å²) >= 11 is 6.31. The van der Waals surface area contributed by atoms with E-state index in [0.29, 0.717) is 47.8 Å². The second-order valence-corrected chi connectivity index (χ2v) is 10.3. The van der Waals surface area contributed by atoms with Gasteiger partial charge >= 0.3 is 0 Å². The van der Waals surface area contributed by atoms with E-state index in [2.05, 4.69) is 5.32 Å². The maximum atomic E-state index is 12.9. The number of aryl methyl sites for hydroxylation is 1. The summed E-state index contributed by atoms with van der Waals surface area (Å²) in [4.78, 5) is 17.7. The average Bonchev–Trinajstić information content (AvgIpc) is 3.35. The first-order chi connectivity index (χ1) is 18.1. The Labute approximate surface area is 230 Å². The minimum absolute atomic E-state index is 0.0205. The van der Waals surface area contributed by atoms with Gasteiger partial charge in [0.2, 0.25) is 0 Å². The molecule has 1 amide bonds. The third kappa shape index (κ3) is 7.16. The number of rotatable bonds is 13. The summed E-state index contributed by atoms with van der Waals surface area (Å²) in [6.07, 6.45) is 4.14. The van der Waals surface area contributed by atoms with Gasteiger partial charge in [0.05, 0.1) is 16.8 Å². The molecule has 3 N–H and O–H groups in total. The minimum Gasteiger partial charge on any atom is -0.489 e. The number of nitrogens with one attached hydrogen (secondary N) is 1. The number of amides is 1. The van der Waals surface area contributed by atoms with E-state index in [-0.39, 0.29) is 24.7 Å². The molecule has 1 heterocycles. The number of carbonyl (C=O) groups excluding carboxylic acids is 1. The Bertz CT molecular complexity index is 1200. The zero-order valence-corrected chi connectivity index (χ0v) is 23.8. The fourth-order valence-corrected chi connectivity index (χ4v) is 4.70. The highest BCUT2D eigenvalue weighted by Crippen LogP contribution is 2.31. The summed E-state index contributed by atoms with van der Waals surface area (Å²) in [6.45, 7) is 10.5. The van der Waals surface area contributed by atoms with Crippen LogP contribution in [-0.2, 0) is 18.6 Å². The fraction of sp³-hybridized carbons (Fsp3) is 0.467. The predicted molar refractivity (Wildman–Crippen MR) is 152 cm³/mol. The molecule has 3 aromatic rings. The molecule has 2 aromatic carbocycles. The van der Waals surface area contributed by atoms with Crippen LogP contribution >= 0.6 is 11.6 Å². The van der Waals surface area contributed by atoms with Crippen LogP contribution in [0.5, 0.6) is 5.75 Å². The van der Waals surface area contributed by atoms with Gasteiger partial charge in [-0.1, -0.05) is 49.7 Å². The third-order valence-electron chi connectivity index (χ3n) is 6.80. The van der Waals surface area contributed by atoms with Crippen LogP contribution in [-0.4, -0.2) is 44.4 Å². The minimum atomic E-state index is -0.948. The van der Waals surface area contributed by atoms with Crippen LogP contribution in [0.4, 0.5) is 0 Å². The van der Waals surface area contributed by atoms with E-state index >= 15 is 0 Å². The molecular weight excluding hydrogens is 502 g/mol. The number of nitrogens with zero attached hydrogens (tertiary/aromatic N) is 2. The number of benzene rings is 2. The predicted octanol–water partition coefficient (Wildman–Crippen LogP) is 5.74. The molecular formula is C30H40ClN3O4. The van der Waals surface area contributed by atoms with Gasteiger partial charge in [0.25, 0.3) is 5.91 Å². The number of aliphatic hydroxyl groups is 2. The normalized spacial score (nSPS) is 12.6. The molecule has 1 atom stereocenters. The summed E-state index contributed by atoms with van der Waals surface area (Å²) in [7, 11) is 0. The van der Waals surface area contributed by atoms with Crippen LogP contribution in [0.15, 0.2) is 48.7 Å². The molecule has 0 bridgehead atoms. The summed E-state index contributed by atoms with van der Waals surface area (Å²) < 4.78 is 7.66. The molecule has 1 unspecified atom stereocenters. The highest BCUT2D eigenvalue weighted by atomic mass is 35.5. The number of ether oxygens (including phenoxy) is 1. The van der Waals surface area contributed by atoms with Crippen LogP contribution in [0.2, 0.25) is 5.02 Å². The number of hydrogen-bond donors (Lipinski definition) is 3. The molecule has 38 heavy (non-hydrogen) atoms. The van der Waals surface area contributed by atoms with Crippen LogP contribution in [0, 0.1) is 0 Å². The standard InChI is InChI=1S/C30H40ClN3O4/c1-6-30(37,7-2)29-33-26(19-34(29)8-3)22-11-9-21(10-12-22)17-24(15-16-35)32-28(36)23-13-14-27(25(31)18-23)38-20(4)5/h9-14,18-20,24,35,37H,6-8,15-17H2,1-5H3,(H,32,36). The molecule has 0 radical (unpaired) electrons. The van der Waals surface area contributed by atoms with Gasteiger partial charge in [-0.05, 0) is 70.2 Å². The number of imidazole rings is 1. The maximum absolute atomic E-state index is 12.9. The van der Waals surface area contributed by atoms with Gasteiger partial charge < -0.3 is 24.8 Å². The largest absolute Gasteiger partial charge is 0.489 e. The van der Waals surface area contributed by atoms with Gasteiger partial charge in [-0.25, -0.2) is 4.98 Å². The molecule has 0 saturated carbocycles. The van der Waals surface area contributed by atoms with Crippen molar-refractivity contribution in [3.05, 3.63) is 70.6 Å². The van der Waals surface area contributed by atoms with E-state index < -0.39 is 5.60 Å². The molecule has 0 aliphatic rings. The van der Waals surface area contributed by atoms with Crippen LogP contribution in [0.25, 0.3) is 11.3 Å². The first-order valence-corrected chi connectivity index (χ1v) is 13.8. The smallest absolute Gasteiger partial charge is 0.251 e. The lowest BCUT2D eigenvalue weighted by Crippen LogP contribution is -2.37. The van der Waals surface area contributed by atoms with Crippen molar-refractivity contribution in [1.82, 2.24) is 14.9 Å². The average molecular weight is 542 g/mol. The van der Waals surface area contributed by atoms with Gasteiger partial charge in [0, 0.05) is 36.5 Å². The molecule has 7 nitrogen and oxygen atoms in total. The summed E-state index contributed by atoms with van der Waals surface area (Å²) in [5.41, 5.74) is 2.29. The number of hydrogen-bond acceptors (Lipinski definition) is 5. The highest BCUT2D eigenvalue weighted by Gasteiger charge is 2.30. The van der Waals surface area contributed by atoms with E-state index in [1.807, 2.05) is 69.6 Å². The lowest BCUT2D eigenvalue weighted by Gasteiger charge is -2.25. The molecule has 0 aliphatic heterocycles. The second-order valence-electron chi connectivity index (χ2n) is 9.87. The molecule has 3 rings (SSSR count). The number of aliphatic hydroxyl groups excluding tert-OH is 1. The van der Waals surface area contributed by atoms with Crippen molar-refractivity contribution in [3.8, 4) is 17.0 Å². The van der Waals surface area contributed by atoms with Crippen molar-refractivity contribution in [3.63, 3.8) is 0 Å². The number of carbonyl (C=O) groups is 1. The quantitative estimate of drug-likeness (QED) is 0.256. The Morgan fingerprint density at radius 1 is 1.13 bits per heavy atom. The second kappa shape index (κ2) is 13.3. The van der Waals surface area contributed by atoms with Crippen molar-refractivity contribution in [2.24, 2.45) is 0 Å². The molecule has 0 fully saturated rings. The van der Waals surface area contributed by atoms with E-state index in [4.69, 9.17) is 21.3 Å². The molecule has 206 valence electrons. The fourth-order valence-electron chi connectivity index (χ4n) is 4.47. The molecule has 0 spiro atoms. The van der Waals surface area contributed by atoms with E-state index in [1.54, 1.807) is 18.2 Å². The zero-order valence-electron chi connectivity index (χ0n) is 23.0. The van der Waals surface area contributed by atoms with E-state index in [0.717, 1.165) is 23.4 Å². The third-order valence-corrected chi connectivity index (χ3v) is 7.10. The SMILES string of the molecule is CCn1cc(-c2ccc(CC(CCO)NC(=O)c3ccc(OC(C)C)c(Cl)c3)cc2)nc1C(O)(CC)CC. The first kappa shape index (κ1) is 29.7. The zero-order chi connectivity index (χ0) is 27.9. The summed E-state index contributed by atoms with van der Waals surface area (Å²) in [6, 6.07) is 12.8. The first-order valence-electron chi connectivity index (χ1n) is 13.4. The van der Waals surface area contributed by atoms with Crippen molar-refractivity contribution >= 4 is 17.5 Å². The molecule has 1 aromatic heterocycles. The highest BCUT2D eigenvalue weighted by molar-refractivity contribution is 6.32. The van der Waals surface area contributed by atoms with Crippen LogP contribution in [0.1, 0.15) is 75.6 Å². The molecule has 0 aliphatic carbocycles. The number of aromatic nitrogens is 2. The Hall–Kier alpha value is -2.87. The Kier molecular flexibility index (Phi) is 10.4. The monoisotopic (exact) mass is 541 g/mol. The lowest BCUT2D eigenvalue weighted by molar-refractivity contribution is 0.0161. The van der Waals surface area contributed by atoms with Crippen molar-refractivity contribution < 1.29 is 19.7 Å². The summed E-state index contributed by atoms with van der Waals surface area (Å²) in [5, 5.41) is 24.0. The van der Waals surface area contributed by atoms with Gasteiger partial charge in [-0.3, -0.25) is 4.79 Å². The number of halogens is 1. The van der Waals surface area contributed by atoms with Gasteiger partial charge in [-0.2, -0.15) is 0 Å². The van der Waals surface area contributed by atoms with Crippen molar-refractivity contribution in [1.29, 1.82) is 0 Å². The van der Waals surface area contributed by atoms with E-state index in [9.17, 15) is 15.0 Å². The topological polar surface area (TPSA) is 96.6 Å². The van der Waals surface area contributed by atoms with Crippen molar-refractivity contribution in [2.75, 3.05) is 6.61 Å². The lowest BCUT2D eigenvalue weighted by atomic mass is 9.96. The Balaban J connectivity index is 1.73. The molecule has 8 heteroatoms. The van der Waals surface area contributed by atoms with Gasteiger partial charge in [-0.15, -0.1) is 0 Å². The molecule has 0 saturated heterocycles. The van der Waals surface area contributed by atoms with Crippen molar-refractivity contribution in [2.45, 2.75) is 84.6 Å². The maximum Gasteiger partial charge on any atom is 0.251 e. The van der Waals surface area contributed by atoms with Crippen LogP contribution in [0.3, 0.4) is 0 Å². The van der Waals surface area contributed by atoms with Crippen LogP contribution < -0.4 is 10.1 Å².